The van der Waals surface area contributed by atoms with Crippen molar-refractivity contribution in [2.24, 2.45) is 0 Å². The van der Waals surface area contributed by atoms with Crippen molar-refractivity contribution in [2.75, 3.05) is 6.26 Å². The molecular formula is C16H15ClF2N2O5S. The molecular weight excluding hydrogens is 406 g/mol. The molecule has 1 aromatic carbocycles. The molecule has 1 aromatic heterocycles. The number of ether oxygens (including phenoxy) is 2. The van der Waals surface area contributed by atoms with Crippen LogP contribution in [0.5, 0.6) is 17.2 Å². The highest BCUT2D eigenvalue weighted by molar-refractivity contribution is 7.89. The van der Waals surface area contributed by atoms with E-state index in [2.05, 4.69) is 4.98 Å². The number of aromatic nitrogens is 1. The first kappa shape index (κ1) is 20.8. The van der Waals surface area contributed by atoms with E-state index in [0.717, 1.165) is 0 Å². The fourth-order valence-corrected chi connectivity index (χ4v) is 2.53. The van der Waals surface area contributed by atoms with Gasteiger partial charge in [-0.15, -0.1) is 0 Å². The van der Waals surface area contributed by atoms with Crippen LogP contribution < -0.4 is 14.2 Å². The summed E-state index contributed by atoms with van der Waals surface area (Å²) in [6, 6.07) is 2.49. The molecule has 2 aromatic rings. The second kappa shape index (κ2) is 8.05. The van der Waals surface area contributed by atoms with Crippen LogP contribution in [-0.2, 0) is 10.0 Å². The third-order valence-corrected chi connectivity index (χ3v) is 3.76. The van der Waals surface area contributed by atoms with Gasteiger partial charge in [0, 0.05) is 12.1 Å². The van der Waals surface area contributed by atoms with Crippen LogP contribution in [0.2, 0.25) is 5.15 Å². The summed E-state index contributed by atoms with van der Waals surface area (Å²) >= 11 is 5.89. The number of rotatable bonds is 6. The van der Waals surface area contributed by atoms with E-state index in [1.807, 2.05) is 0 Å². The van der Waals surface area contributed by atoms with Crippen LogP contribution in [0.4, 0.5) is 8.78 Å². The Morgan fingerprint density at radius 2 is 1.85 bits per heavy atom. The second-order valence-electron chi connectivity index (χ2n) is 5.69. The summed E-state index contributed by atoms with van der Waals surface area (Å²) in [4.78, 5) is 15.5. The molecule has 0 saturated carbocycles. The highest BCUT2D eigenvalue weighted by atomic mass is 35.5. The molecule has 1 N–H and O–H groups in total. The predicted molar refractivity (Wildman–Crippen MR) is 93.8 cm³/mol. The maximum absolute atomic E-state index is 14.2. The zero-order valence-electron chi connectivity index (χ0n) is 14.4. The van der Waals surface area contributed by atoms with Crippen molar-refractivity contribution in [1.82, 2.24) is 9.71 Å². The lowest BCUT2D eigenvalue weighted by atomic mass is 10.2. The van der Waals surface area contributed by atoms with E-state index in [4.69, 9.17) is 21.1 Å². The van der Waals surface area contributed by atoms with Gasteiger partial charge in [0.2, 0.25) is 10.0 Å². The standard InChI is InChI=1S/C16H15ClF2N2O5S/c1-8(2)25-14-4-9(7-20-15(14)17)26-13-6-11(18)10(5-12(13)19)16(22)21-27(3,23)24/h4-8H,1-3H3,(H,21,22). The Morgan fingerprint density at radius 3 is 2.44 bits per heavy atom. The molecule has 146 valence electrons. The first-order valence-electron chi connectivity index (χ1n) is 7.47. The molecule has 0 atom stereocenters. The zero-order chi connectivity index (χ0) is 20.4. The third kappa shape index (κ3) is 5.76. The van der Waals surface area contributed by atoms with E-state index in [1.165, 1.54) is 12.3 Å². The van der Waals surface area contributed by atoms with Gasteiger partial charge in [0.15, 0.2) is 22.5 Å². The van der Waals surface area contributed by atoms with Gasteiger partial charge in [-0.1, -0.05) is 11.6 Å². The van der Waals surface area contributed by atoms with E-state index in [9.17, 15) is 22.0 Å². The van der Waals surface area contributed by atoms with E-state index < -0.39 is 38.9 Å². The number of amides is 1. The summed E-state index contributed by atoms with van der Waals surface area (Å²) < 4.78 is 62.6. The fraction of sp³-hybridized carbons (Fsp3) is 0.250. The lowest BCUT2D eigenvalue weighted by Crippen LogP contribution is -2.30. The molecule has 0 aliphatic carbocycles. The molecule has 1 amide bonds. The molecule has 0 bridgehead atoms. The number of hydrogen-bond donors (Lipinski definition) is 1. The molecule has 0 saturated heterocycles. The third-order valence-electron chi connectivity index (χ3n) is 2.92. The molecule has 0 fully saturated rings. The number of carbonyl (C=O) groups is 1. The summed E-state index contributed by atoms with van der Waals surface area (Å²) in [7, 11) is -3.93. The Hall–Kier alpha value is -2.46. The summed E-state index contributed by atoms with van der Waals surface area (Å²) in [5.41, 5.74) is -0.789. The number of nitrogens with one attached hydrogen (secondary N) is 1. The van der Waals surface area contributed by atoms with Crippen LogP contribution in [0, 0.1) is 11.6 Å². The number of pyridine rings is 1. The highest BCUT2D eigenvalue weighted by Crippen LogP contribution is 2.32. The monoisotopic (exact) mass is 420 g/mol. The molecule has 0 spiro atoms. The Labute approximate surface area is 159 Å². The van der Waals surface area contributed by atoms with Gasteiger partial charge in [0.1, 0.15) is 11.6 Å². The van der Waals surface area contributed by atoms with Gasteiger partial charge < -0.3 is 9.47 Å². The molecule has 2 rings (SSSR count). The Kier molecular flexibility index (Phi) is 6.22. The highest BCUT2D eigenvalue weighted by Gasteiger charge is 2.20. The summed E-state index contributed by atoms with van der Waals surface area (Å²) in [5, 5.41) is 0.0653. The molecule has 11 heteroatoms. The lowest BCUT2D eigenvalue weighted by Gasteiger charge is -2.13. The molecule has 0 aliphatic rings. The van der Waals surface area contributed by atoms with Crippen LogP contribution in [0.1, 0.15) is 24.2 Å². The Balaban J connectivity index is 2.31. The summed E-state index contributed by atoms with van der Waals surface area (Å²) in [6.07, 6.45) is 1.68. The molecule has 0 unspecified atom stereocenters. The van der Waals surface area contributed by atoms with Crippen molar-refractivity contribution in [2.45, 2.75) is 20.0 Å². The first-order chi connectivity index (χ1) is 12.5. The largest absolute Gasteiger partial charge is 0.488 e. The van der Waals surface area contributed by atoms with Gasteiger partial charge in [0.05, 0.1) is 24.1 Å². The smallest absolute Gasteiger partial charge is 0.267 e. The molecule has 0 aliphatic heterocycles. The maximum Gasteiger partial charge on any atom is 0.267 e. The molecule has 7 nitrogen and oxygen atoms in total. The summed E-state index contributed by atoms with van der Waals surface area (Å²) in [6.45, 7) is 3.53. The first-order valence-corrected chi connectivity index (χ1v) is 9.74. The van der Waals surface area contributed by atoms with Crippen molar-refractivity contribution in [3.05, 3.63) is 46.7 Å². The minimum Gasteiger partial charge on any atom is -0.488 e. The SMILES string of the molecule is CC(C)Oc1cc(Oc2cc(F)c(C(=O)NS(C)(=O)=O)cc2F)cnc1Cl. The maximum atomic E-state index is 14.2. The van der Waals surface area contributed by atoms with Crippen molar-refractivity contribution in [3.8, 4) is 17.2 Å². The minimum absolute atomic E-state index is 0.0155. The average molecular weight is 421 g/mol. The van der Waals surface area contributed by atoms with Crippen molar-refractivity contribution >= 4 is 27.5 Å². The number of nitrogens with zero attached hydrogens (tertiary/aromatic N) is 1. The number of sulfonamides is 1. The van der Waals surface area contributed by atoms with Crippen LogP contribution in [-0.4, -0.2) is 31.7 Å². The van der Waals surface area contributed by atoms with E-state index in [1.54, 1.807) is 18.6 Å². The van der Waals surface area contributed by atoms with Gasteiger partial charge >= 0.3 is 0 Å². The Morgan fingerprint density at radius 1 is 1.19 bits per heavy atom. The van der Waals surface area contributed by atoms with Gasteiger partial charge in [-0.3, -0.25) is 4.79 Å². The van der Waals surface area contributed by atoms with Crippen LogP contribution >= 0.6 is 11.6 Å². The zero-order valence-corrected chi connectivity index (χ0v) is 16.0. The lowest BCUT2D eigenvalue weighted by molar-refractivity contribution is 0.0977. The van der Waals surface area contributed by atoms with E-state index in [0.29, 0.717) is 18.4 Å². The van der Waals surface area contributed by atoms with Crippen LogP contribution in [0.3, 0.4) is 0 Å². The van der Waals surface area contributed by atoms with Crippen molar-refractivity contribution in [1.29, 1.82) is 0 Å². The van der Waals surface area contributed by atoms with Gasteiger partial charge in [-0.2, -0.15) is 0 Å². The minimum atomic E-state index is -3.93. The predicted octanol–water partition coefficient (Wildman–Crippen LogP) is 3.28. The van der Waals surface area contributed by atoms with Gasteiger partial charge in [-0.25, -0.2) is 26.9 Å². The summed E-state index contributed by atoms with van der Waals surface area (Å²) in [5.74, 6) is -3.90. The topological polar surface area (TPSA) is 94.6 Å². The van der Waals surface area contributed by atoms with Gasteiger partial charge in [-0.05, 0) is 19.9 Å². The van der Waals surface area contributed by atoms with Gasteiger partial charge in [0.25, 0.3) is 5.91 Å². The van der Waals surface area contributed by atoms with Crippen molar-refractivity contribution < 1.29 is 31.5 Å². The normalized spacial score (nSPS) is 11.4. The van der Waals surface area contributed by atoms with Crippen LogP contribution in [0.15, 0.2) is 24.4 Å². The van der Waals surface area contributed by atoms with Crippen molar-refractivity contribution in [3.63, 3.8) is 0 Å². The molecule has 1 heterocycles. The Bertz CT molecular complexity index is 983. The average Bonchev–Trinajstić information content (AvgIpc) is 2.51. The number of halogens is 3. The number of hydrogen-bond acceptors (Lipinski definition) is 6. The second-order valence-corrected chi connectivity index (χ2v) is 7.80. The fourth-order valence-electron chi connectivity index (χ4n) is 1.93. The quantitative estimate of drug-likeness (QED) is 0.721. The molecule has 0 radical (unpaired) electrons. The van der Waals surface area contributed by atoms with E-state index in [-0.39, 0.29) is 22.8 Å². The molecule has 27 heavy (non-hydrogen) atoms. The van der Waals surface area contributed by atoms with Crippen LogP contribution in [0.25, 0.3) is 0 Å². The van der Waals surface area contributed by atoms with E-state index >= 15 is 0 Å². The number of benzene rings is 1. The number of carbonyl (C=O) groups excluding carboxylic acids is 1.